The smallest absolute Gasteiger partial charge is 0.100 e. The fourth-order valence-electron chi connectivity index (χ4n) is 0.602. The Hall–Kier alpha value is 0.320. The maximum Gasteiger partial charge on any atom is 0.100 e. The molecule has 0 rings (SSSR count). The van der Waals surface area contributed by atoms with Crippen LogP contribution in [0.5, 0.6) is 0 Å². The van der Waals surface area contributed by atoms with Gasteiger partial charge in [-0.1, -0.05) is 15.9 Å². The van der Waals surface area contributed by atoms with Crippen molar-refractivity contribution in [3.8, 4) is 0 Å². The van der Waals surface area contributed by atoms with Crippen molar-refractivity contribution in [2.45, 2.75) is 18.6 Å². The summed E-state index contributed by atoms with van der Waals surface area (Å²) in [5.74, 6) is 0. The summed E-state index contributed by atoms with van der Waals surface area (Å²) in [6.45, 7) is -0.0486. The first-order valence-electron chi connectivity index (χ1n) is 3.81. The predicted molar refractivity (Wildman–Crippen MR) is 48.3 cm³/mol. The maximum absolute atomic E-state index is 9.14. The zero-order chi connectivity index (χ0) is 9.40. The van der Waals surface area contributed by atoms with Crippen LogP contribution in [0, 0.1) is 0 Å². The molecule has 0 aromatic heterocycles. The average molecular weight is 243 g/mol. The van der Waals surface area contributed by atoms with Gasteiger partial charge in [-0.25, -0.2) is 0 Å². The monoisotopic (exact) mass is 242 g/mol. The highest BCUT2D eigenvalue weighted by Crippen LogP contribution is 1.96. The Bertz CT molecular complexity index is 101. The van der Waals surface area contributed by atoms with Crippen molar-refractivity contribution >= 4 is 15.9 Å². The molecule has 2 atom stereocenters. The molecule has 4 nitrogen and oxygen atoms in total. The van der Waals surface area contributed by atoms with Crippen molar-refractivity contribution in [1.29, 1.82) is 0 Å². The molecule has 0 heterocycles. The second-order valence-electron chi connectivity index (χ2n) is 2.51. The van der Waals surface area contributed by atoms with E-state index in [9.17, 15) is 0 Å². The lowest BCUT2D eigenvalue weighted by molar-refractivity contribution is -0.0244. The van der Waals surface area contributed by atoms with Crippen LogP contribution in [0.2, 0.25) is 0 Å². The Labute approximate surface area is 80.3 Å². The second-order valence-corrected chi connectivity index (χ2v) is 3.30. The van der Waals surface area contributed by atoms with Gasteiger partial charge in [0.05, 0.1) is 25.9 Å². The minimum Gasteiger partial charge on any atom is -0.394 e. The highest BCUT2D eigenvalue weighted by atomic mass is 79.9. The van der Waals surface area contributed by atoms with E-state index in [1.807, 2.05) is 0 Å². The van der Waals surface area contributed by atoms with E-state index >= 15 is 0 Å². The number of rotatable bonds is 7. The summed E-state index contributed by atoms with van der Waals surface area (Å²) in [6.07, 6.45) is -0.730. The highest BCUT2D eigenvalue weighted by Gasteiger charge is 2.05. The lowest BCUT2D eigenvalue weighted by atomic mass is 10.3. The molecule has 0 aliphatic heterocycles. The number of aliphatic hydroxyl groups excluding tert-OH is 3. The number of alkyl halides is 1. The molecule has 0 aliphatic rings. The van der Waals surface area contributed by atoms with Crippen LogP contribution >= 0.6 is 15.9 Å². The SMILES string of the molecule is OCC(O)COCC(O)CCBr. The number of hydrogen-bond donors (Lipinski definition) is 3. The topological polar surface area (TPSA) is 69.9 Å². The minimum atomic E-state index is -0.846. The molecule has 0 bridgehead atoms. The van der Waals surface area contributed by atoms with E-state index in [0.29, 0.717) is 6.42 Å². The quantitative estimate of drug-likeness (QED) is 0.527. The summed E-state index contributed by atoms with van der Waals surface area (Å²) < 4.78 is 4.92. The molecule has 0 saturated heterocycles. The van der Waals surface area contributed by atoms with E-state index in [1.54, 1.807) is 0 Å². The van der Waals surface area contributed by atoms with Crippen molar-refractivity contribution in [2.24, 2.45) is 0 Å². The van der Waals surface area contributed by atoms with Crippen LogP contribution in [0.1, 0.15) is 6.42 Å². The molecule has 12 heavy (non-hydrogen) atoms. The van der Waals surface area contributed by atoms with Gasteiger partial charge in [0, 0.05) is 5.33 Å². The Morgan fingerprint density at radius 1 is 1.17 bits per heavy atom. The molecule has 74 valence electrons. The molecular formula is C7H15BrO4. The number of hydrogen-bond acceptors (Lipinski definition) is 4. The van der Waals surface area contributed by atoms with Gasteiger partial charge in [-0.2, -0.15) is 0 Å². The van der Waals surface area contributed by atoms with Crippen LogP contribution in [0.3, 0.4) is 0 Å². The van der Waals surface area contributed by atoms with Crippen molar-refractivity contribution in [3.05, 3.63) is 0 Å². The van der Waals surface area contributed by atoms with Crippen LogP contribution in [-0.4, -0.2) is 52.7 Å². The summed E-state index contributed by atoms with van der Waals surface area (Å²) in [5.41, 5.74) is 0. The largest absolute Gasteiger partial charge is 0.394 e. The van der Waals surface area contributed by atoms with Crippen LogP contribution in [0.4, 0.5) is 0 Å². The zero-order valence-electron chi connectivity index (χ0n) is 6.82. The minimum absolute atomic E-state index is 0.0653. The molecule has 0 aromatic rings. The zero-order valence-corrected chi connectivity index (χ0v) is 8.40. The molecule has 2 unspecified atom stereocenters. The molecule has 0 aliphatic carbocycles. The normalized spacial score (nSPS) is 16.0. The molecular weight excluding hydrogens is 228 g/mol. The highest BCUT2D eigenvalue weighted by molar-refractivity contribution is 9.09. The third-order valence-corrected chi connectivity index (χ3v) is 1.73. The molecule has 5 heteroatoms. The first-order chi connectivity index (χ1) is 5.70. The summed E-state index contributed by atoms with van der Waals surface area (Å²) in [7, 11) is 0. The lowest BCUT2D eigenvalue weighted by Crippen LogP contribution is -2.23. The molecule has 3 N–H and O–H groups in total. The van der Waals surface area contributed by atoms with Gasteiger partial charge < -0.3 is 20.1 Å². The Balaban J connectivity index is 3.18. The van der Waals surface area contributed by atoms with E-state index in [-0.39, 0.29) is 19.8 Å². The van der Waals surface area contributed by atoms with Gasteiger partial charge in [0.25, 0.3) is 0 Å². The molecule has 0 aromatic carbocycles. The van der Waals surface area contributed by atoms with Crippen LogP contribution < -0.4 is 0 Å². The third-order valence-electron chi connectivity index (χ3n) is 1.27. The van der Waals surface area contributed by atoms with Crippen molar-refractivity contribution in [3.63, 3.8) is 0 Å². The van der Waals surface area contributed by atoms with E-state index in [4.69, 9.17) is 20.1 Å². The standard InChI is InChI=1S/C7H15BrO4/c8-2-1-6(10)4-12-5-7(11)3-9/h6-7,9-11H,1-5H2. The van der Waals surface area contributed by atoms with Gasteiger partial charge in [-0.15, -0.1) is 0 Å². The second kappa shape index (κ2) is 7.94. The number of ether oxygens (including phenoxy) is 1. The first-order valence-corrected chi connectivity index (χ1v) is 4.93. The van der Waals surface area contributed by atoms with Crippen molar-refractivity contribution < 1.29 is 20.1 Å². The molecule has 0 fully saturated rings. The van der Waals surface area contributed by atoms with Gasteiger partial charge in [0.15, 0.2) is 0 Å². The Kier molecular flexibility index (Phi) is 8.15. The fourth-order valence-corrected chi connectivity index (χ4v) is 1.13. The molecule has 0 radical (unpaired) electrons. The number of aliphatic hydroxyl groups is 3. The summed E-state index contributed by atoms with van der Waals surface area (Å²) in [5, 5.41) is 27.1. The average Bonchev–Trinajstić information content (AvgIpc) is 2.04. The van der Waals surface area contributed by atoms with Crippen molar-refractivity contribution in [1.82, 2.24) is 0 Å². The Morgan fingerprint density at radius 2 is 1.75 bits per heavy atom. The van der Waals surface area contributed by atoms with Crippen molar-refractivity contribution in [2.75, 3.05) is 25.2 Å². The summed E-state index contributed by atoms with van der Waals surface area (Å²) in [4.78, 5) is 0. The molecule has 0 spiro atoms. The first kappa shape index (κ1) is 12.3. The van der Waals surface area contributed by atoms with Crippen LogP contribution in [0.15, 0.2) is 0 Å². The van der Waals surface area contributed by atoms with E-state index < -0.39 is 12.2 Å². The predicted octanol–water partition coefficient (Wildman–Crippen LogP) is -0.498. The maximum atomic E-state index is 9.14. The van der Waals surface area contributed by atoms with Gasteiger partial charge in [-0.05, 0) is 6.42 Å². The molecule has 0 amide bonds. The van der Waals surface area contributed by atoms with Gasteiger partial charge in [0.1, 0.15) is 6.10 Å². The Morgan fingerprint density at radius 3 is 2.25 bits per heavy atom. The van der Waals surface area contributed by atoms with E-state index in [2.05, 4.69) is 15.9 Å². The van der Waals surface area contributed by atoms with Crippen LogP contribution in [-0.2, 0) is 4.74 Å². The lowest BCUT2D eigenvalue weighted by Gasteiger charge is -2.11. The molecule has 0 saturated carbocycles. The van der Waals surface area contributed by atoms with Gasteiger partial charge in [0.2, 0.25) is 0 Å². The van der Waals surface area contributed by atoms with Gasteiger partial charge >= 0.3 is 0 Å². The van der Waals surface area contributed by atoms with Gasteiger partial charge in [-0.3, -0.25) is 0 Å². The third kappa shape index (κ3) is 7.00. The van der Waals surface area contributed by atoms with E-state index in [0.717, 1.165) is 5.33 Å². The summed E-state index contributed by atoms with van der Waals surface area (Å²) in [6, 6.07) is 0. The number of halogens is 1. The summed E-state index contributed by atoms with van der Waals surface area (Å²) >= 11 is 3.18. The van der Waals surface area contributed by atoms with Crippen LogP contribution in [0.25, 0.3) is 0 Å². The fraction of sp³-hybridized carbons (Fsp3) is 1.00. The van der Waals surface area contributed by atoms with E-state index in [1.165, 1.54) is 0 Å².